The van der Waals surface area contributed by atoms with Gasteiger partial charge in [-0.1, -0.05) is 24.9 Å². The van der Waals surface area contributed by atoms with Crippen molar-refractivity contribution >= 4 is 6.09 Å². The summed E-state index contributed by atoms with van der Waals surface area (Å²) < 4.78 is 12.5. The van der Waals surface area contributed by atoms with Gasteiger partial charge in [-0.05, 0) is 75.1 Å². The summed E-state index contributed by atoms with van der Waals surface area (Å²) in [6.45, 7) is 11.6. The smallest absolute Gasteiger partial charge is 0.410 e. The number of carbonyl (C=O) groups excluding carboxylic acids is 1. The van der Waals surface area contributed by atoms with E-state index in [0.717, 1.165) is 29.9 Å². The van der Waals surface area contributed by atoms with Gasteiger partial charge in [-0.3, -0.25) is 5.32 Å². The zero-order valence-electron chi connectivity index (χ0n) is 21.4. The second-order valence-corrected chi connectivity index (χ2v) is 11.5. The summed E-state index contributed by atoms with van der Waals surface area (Å²) in [6.07, 6.45) is 8.32. The normalized spacial score (nSPS) is 26.9. The predicted molar refractivity (Wildman–Crippen MR) is 126 cm³/mol. The van der Waals surface area contributed by atoms with E-state index in [4.69, 9.17) is 9.26 Å². The third-order valence-electron chi connectivity index (χ3n) is 7.59. The largest absolute Gasteiger partial charge is 0.444 e. The molecule has 10 heteroatoms. The van der Waals surface area contributed by atoms with Crippen molar-refractivity contribution in [2.24, 2.45) is 11.3 Å². The fourth-order valence-electron chi connectivity index (χ4n) is 5.73. The van der Waals surface area contributed by atoms with Crippen LogP contribution in [-0.2, 0) is 23.4 Å². The molecule has 188 valence electrons. The van der Waals surface area contributed by atoms with Crippen molar-refractivity contribution in [3.05, 3.63) is 23.3 Å². The maximum Gasteiger partial charge on any atom is 0.410 e. The zero-order chi connectivity index (χ0) is 24.6. The van der Waals surface area contributed by atoms with Gasteiger partial charge in [0.05, 0.1) is 12.1 Å². The quantitative estimate of drug-likeness (QED) is 0.646. The Hall–Kier alpha value is -2.49. The monoisotopic (exact) mass is 473 g/mol. The van der Waals surface area contributed by atoms with E-state index in [1.165, 1.54) is 25.7 Å². The number of aryl methyl sites for hydroxylation is 1. The molecular weight excluding hydrogens is 434 g/mol. The van der Waals surface area contributed by atoms with Crippen LogP contribution in [-0.4, -0.2) is 55.6 Å². The summed E-state index contributed by atoms with van der Waals surface area (Å²) in [7, 11) is 1.74. The number of nitrogens with zero attached hydrogens (tertiary/aromatic N) is 6. The second-order valence-electron chi connectivity index (χ2n) is 11.5. The summed E-state index contributed by atoms with van der Waals surface area (Å²) >= 11 is 0. The first kappa shape index (κ1) is 24.6. The SMILES string of the molecule is Cc1conc1CNC1(c2nnnn2CCN(C)C(=O)OC(C)(C)C)C[C@@H]2CCCC[C@]2(C)C1. The van der Waals surface area contributed by atoms with Crippen molar-refractivity contribution in [3.8, 4) is 0 Å². The molecule has 2 aliphatic carbocycles. The van der Waals surface area contributed by atoms with Gasteiger partial charge in [-0.2, -0.15) is 0 Å². The molecule has 2 aliphatic rings. The molecule has 0 bridgehead atoms. The minimum absolute atomic E-state index is 0.258. The van der Waals surface area contributed by atoms with Gasteiger partial charge in [0.15, 0.2) is 5.82 Å². The number of likely N-dealkylation sites (N-methyl/N-ethyl adjacent to an activating group) is 1. The van der Waals surface area contributed by atoms with E-state index in [1.807, 2.05) is 32.4 Å². The van der Waals surface area contributed by atoms with Crippen LogP contribution in [0, 0.1) is 18.3 Å². The zero-order valence-corrected chi connectivity index (χ0v) is 21.4. The van der Waals surface area contributed by atoms with Crippen LogP contribution >= 0.6 is 0 Å². The molecular formula is C24H39N7O3. The number of ether oxygens (including phenoxy) is 1. The van der Waals surface area contributed by atoms with E-state index in [1.54, 1.807) is 18.2 Å². The average molecular weight is 474 g/mol. The highest BCUT2D eigenvalue weighted by Crippen LogP contribution is 2.58. The lowest BCUT2D eigenvalue weighted by Crippen LogP contribution is -2.44. The Morgan fingerprint density at radius 3 is 2.85 bits per heavy atom. The fraction of sp³-hybridized carbons (Fsp3) is 0.792. The van der Waals surface area contributed by atoms with Gasteiger partial charge >= 0.3 is 6.09 Å². The van der Waals surface area contributed by atoms with Crippen molar-refractivity contribution in [2.75, 3.05) is 13.6 Å². The Morgan fingerprint density at radius 1 is 1.38 bits per heavy atom. The maximum absolute atomic E-state index is 12.4. The second kappa shape index (κ2) is 9.28. The highest BCUT2D eigenvalue weighted by atomic mass is 16.6. The molecule has 0 radical (unpaired) electrons. The Kier molecular flexibility index (Phi) is 6.72. The molecule has 2 aromatic heterocycles. The number of tetrazole rings is 1. The molecule has 10 nitrogen and oxygen atoms in total. The molecule has 1 amide bonds. The summed E-state index contributed by atoms with van der Waals surface area (Å²) in [5, 5.41) is 20.9. The number of nitrogens with one attached hydrogen (secondary N) is 1. The van der Waals surface area contributed by atoms with Gasteiger partial charge in [0, 0.05) is 25.7 Å². The van der Waals surface area contributed by atoms with Crippen LogP contribution in [0.3, 0.4) is 0 Å². The van der Waals surface area contributed by atoms with Crippen LogP contribution < -0.4 is 5.32 Å². The van der Waals surface area contributed by atoms with E-state index < -0.39 is 5.60 Å². The number of aromatic nitrogens is 5. The molecule has 2 saturated carbocycles. The van der Waals surface area contributed by atoms with Gasteiger partial charge < -0.3 is 14.2 Å². The van der Waals surface area contributed by atoms with Crippen LogP contribution in [0.25, 0.3) is 0 Å². The lowest BCUT2D eigenvalue weighted by Gasteiger charge is -2.36. The molecule has 0 saturated heterocycles. The van der Waals surface area contributed by atoms with E-state index in [0.29, 0.717) is 25.6 Å². The molecule has 0 aliphatic heterocycles. The highest BCUT2D eigenvalue weighted by Gasteiger charge is 2.55. The predicted octanol–water partition coefficient (Wildman–Crippen LogP) is 3.81. The maximum atomic E-state index is 12.4. The number of rotatable bonds is 7. The van der Waals surface area contributed by atoms with Crippen LogP contribution in [0.1, 0.15) is 83.3 Å². The molecule has 2 aromatic rings. The summed E-state index contributed by atoms with van der Waals surface area (Å²) in [4.78, 5) is 14.0. The number of fused-ring (bicyclic) bond motifs is 1. The van der Waals surface area contributed by atoms with Crippen molar-refractivity contribution in [3.63, 3.8) is 0 Å². The summed E-state index contributed by atoms with van der Waals surface area (Å²) in [5.74, 6) is 1.46. The lowest BCUT2D eigenvalue weighted by atomic mass is 9.69. The molecule has 0 spiro atoms. The van der Waals surface area contributed by atoms with Crippen LogP contribution in [0.5, 0.6) is 0 Å². The third-order valence-corrected chi connectivity index (χ3v) is 7.59. The Bertz CT molecular complexity index is 997. The molecule has 2 fully saturated rings. The van der Waals surface area contributed by atoms with Crippen molar-refractivity contribution in [2.45, 2.75) is 97.4 Å². The first-order valence-electron chi connectivity index (χ1n) is 12.4. The number of hydrogen-bond donors (Lipinski definition) is 1. The fourth-order valence-corrected chi connectivity index (χ4v) is 5.73. The third kappa shape index (κ3) is 5.11. The van der Waals surface area contributed by atoms with E-state index in [9.17, 15) is 4.79 Å². The molecule has 1 N–H and O–H groups in total. The summed E-state index contributed by atoms with van der Waals surface area (Å²) in [5.41, 5.74) is 1.30. The van der Waals surface area contributed by atoms with E-state index in [-0.39, 0.29) is 17.0 Å². The molecule has 0 aromatic carbocycles. The van der Waals surface area contributed by atoms with Gasteiger partial charge in [0.25, 0.3) is 0 Å². The van der Waals surface area contributed by atoms with Crippen LogP contribution in [0.4, 0.5) is 4.79 Å². The van der Waals surface area contributed by atoms with E-state index in [2.05, 4.69) is 32.9 Å². The van der Waals surface area contributed by atoms with Crippen molar-refractivity contribution < 1.29 is 14.1 Å². The van der Waals surface area contributed by atoms with Crippen molar-refractivity contribution in [1.29, 1.82) is 0 Å². The van der Waals surface area contributed by atoms with E-state index >= 15 is 0 Å². The minimum atomic E-state index is -0.534. The summed E-state index contributed by atoms with van der Waals surface area (Å²) in [6, 6.07) is 0. The molecule has 3 atom stereocenters. The average Bonchev–Trinajstić information content (AvgIpc) is 3.46. The Balaban J connectivity index is 1.55. The highest BCUT2D eigenvalue weighted by molar-refractivity contribution is 5.67. The topological polar surface area (TPSA) is 111 Å². The molecule has 34 heavy (non-hydrogen) atoms. The number of carbonyl (C=O) groups is 1. The molecule has 4 rings (SSSR count). The van der Waals surface area contributed by atoms with Gasteiger partial charge in [0.1, 0.15) is 17.6 Å². The lowest BCUT2D eigenvalue weighted by molar-refractivity contribution is 0.0291. The van der Waals surface area contributed by atoms with Gasteiger partial charge in [-0.15, -0.1) is 5.10 Å². The first-order valence-corrected chi connectivity index (χ1v) is 12.4. The first-order chi connectivity index (χ1) is 16.0. The van der Waals surface area contributed by atoms with Crippen molar-refractivity contribution in [1.82, 2.24) is 35.6 Å². The van der Waals surface area contributed by atoms with Crippen LogP contribution in [0.15, 0.2) is 10.8 Å². The van der Waals surface area contributed by atoms with Gasteiger partial charge in [0.2, 0.25) is 0 Å². The number of hydrogen-bond acceptors (Lipinski definition) is 8. The van der Waals surface area contributed by atoms with Gasteiger partial charge in [-0.25, -0.2) is 9.48 Å². The molecule has 2 heterocycles. The Morgan fingerprint density at radius 2 is 2.18 bits per heavy atom. The molecule has 1 unspecified atom stereocenters. The standard InChI is InChI=1S/C24H39N7O3/c1-17-15-33-27-19(17)14-25-24(13-18-9-7-8-10-23(18,5)16-24)20-26-28-29-31(20)12-11-30(6)21(32)34-22(2,3)4/h15,18,25H,7-14,16H2,1-6H3/t18-,23+,24?/m0/s1. The Labute approximate surface area is 201 Å². The minimum Gasteiger partial charge on any atom is -0.444 e. The number of amides is 1. The van der Waals surface area contributed by atoms with Crippen LogP contribution in [0.2, 0.25) is 0 Å².